The molecule has 0 saturated carbocycles. The summed E-state index contributed by atoms with van der Waals surface area (Å²) in [5.74, 6) is 0.966. The van der Waals surface area contributed by atoms with Gasteiger partial charge in [-0.05, 0) is 36.6 Å². The van der Waals surface area contributed by atoms with Crippen LogP contribution in [0.1, 0.15) is 18.1 Å². The fourth-order valence-corrected chi connectivity index (χ4v) is 1.78. The van der Waals surface area contributed by atoms with Gasteiger partial charge in [-0.3, -0.25) is 0 Å². The van der Waals surface area contributed by atoms with Gasteiger partial charge in [-0.25, -0.2) is 0 Å². The quantitative estimate of drug-likeness (QED) is 0.705. The molecule has 2 rings (SSSR count). The van der Waals surface area contributed by atoms with Gasteiger partial charge in [-0.2, -0.15) is 0 Å². The molecule has 2 nitrogen and oxygen atoms in total. The fourth-order valence-electron chi connectivity index (χ4n) is 1.78. The molecular weight excluding hydrogens is 162 g/mol. The summed E-state index contributed by atoms with van der Waals surface area (Å²) >= 11 is 0. The first-order chi connectivity index (χ1) is 6.29. The minimum atomic E-state index is 0.583. The van der Waals surface area contributed by atoms with E-state index in [1.807, 2.05) is 6.07 Å². The number of rotatable bonds is 1. The van der Waals surface area contributed by atoms with Crippen LogP contribution in [0.4, 0.5) is 0 Å². The Morgan fingerprint density at radius 1 is 1.38 bits per heavy atom. The van der Waals surface area contributed by atoms with Crippen LogP contribution in [0.15, 0.2) is 18.2 Å². The molecule has 0 bridgehead atoms. The molecule has 0 amide bonds. The fraction of sp³-hybridized carbons (Fsp3) is 0.455. The highest BCUT2D eigenvalue weighted by Crippen LogP contribution is 2.21. The van der Waals surface area contributed by atoms with Crippen molar-refractivity contribution in [1.29, 1.82) is 0 Å². The van der Waals surface area contributed by atoms with Gasteiger partial charge < -0.3 is 10.1 Å². The first kappa shape index (κ1) is 8.57. The SMILES string of the molecule is COc1ccc2c(c1)C[C@@H](C)NC2. The lowest BCUT2D eigenvalue weighted by molar-refractivity contribution is 0.412. The summed E-state index contributed by atoms with van der Waals surface area (Å²) in [5.41, 5.74) is 2.82. The van der Waals surface area contributed by atoms with Crippen LogP contribution in [0.25, 0.3) is 0 Å². The maximum atomic E-state index is 5.20. The van der Waals surface area contributed by atoms with Crippen molar-refractivity contribution in [3.8, 4) is 5.75 Å². The van der Waals surface area contributed by atoms with Crippen LogP contribution in [0.3, 0.4) is 0 Å². The zero-order valence-electron chi connectivity index (χ0n) is 8.13. The van der Waals surface area contributed by atoms with E-state index in [9.17, 15) is 0 Å². The predicted octanol–water partition coefficient (Wildman–Crippen LogP) is 1.73. The summed E-state index contributed by atoms with van der Waals surface area (Å²) in [7, 11) is 1.71. The van der Waals surface area contributed by atoms with Crippen LogP contribution >= 0.6 is 0 Å². The van der Waals surface area contributed by atoms with Gasteiger partial charge in [0, 0.05) is 12.6 Å². The summed E-state index contributed by atoms with van der Waals surface area (Å²) in [4.78, 5) is 0. The molecule has 1 aliphatic heterocycles. The number of hydrogen-bond donors (Lipinski definition) is 1. The van der Waals surface area contributed by atoms with Crippen molar-refractivity contribution < 1.29 is 4.74 Å². The van der Waals surface area contributed by atoms with Crippen LogP contribution in [-0.2, 0) is 13.0 Å². The van der Waals surface area contributed by atoms with Crippen LogP contribution < -0.4 is 10.1 Å². The molecule has 1 atom stereocenters. The van der Waals surface area contributed by atoms with E-state index in [0.29, 0.717) is 6.04 Å². The molecule has 1 aromatic carbocycles. The molecule has 0 radical (unpaired) electrons. The Morgan fingerprint density at radius 3 is 3.00 bits per heavy atom. The second-order valence-corrected chi connectivity index (χ2v) is 3.62. The third kappa shape index (κ3) is 1.68. The van der Waals surface area contributed by atoms with Gasteiger partial charge in [0.1, 0.15) is 5.75 Å². The average Bonchev–Trinajstić information content (AvgIpc) is 2.16. The Labute approximate surface area is 78.9 Å². The minimum Gasteiger partial charge on any atom is -0.497 e. The highest BCUT2D eigenvalue weighted by molar-refractivity contribution is 5.37. The lowest BCUT2D eigenvalue weighted by Gasteiger charge is -2.23. The normalized spacial score (nSPS) is 20.9. The van der Waals surface area contributed by atoms with E-state index in [0.717, 1.165) is 18.7 Å². The first-order valence-corrected chi connectivity index (χ1v) is 4.69. The molecule has 1 aromatic rings. The third-order valence-electron chi connectivity index (χ3n) is 2.58. The van der Waals surface area contributed by atoms with Gasteiger partial charge >= 0.3 is 0 Å². The van der Waals surface area contributed by atoms with Crippen LogP contribution in [-0.4, -0.2) is 13.2 Å². The molecule has 0 unspecified atom stereocenters. The van der Waals surface area contributed by atoms with Gasteiger partial charge in [-0.1, -0.05) is 6.07 Å². The van der Waals surface area contributed by atoms with E-state index in [4.69, 9.17) is 4.74 Å². The molecule has 1 aliphatic rings. The number of nitrogens with one attached hydrogen (secondary N) is 1. The lowest BCUT2D eigenvalue weighted by Crippen LogP contribution is -2.32. The van der Waals surface area contributed by atoms with Gasteiger partial charge in [0.2, 0.25) is 0 Å². The van der Waals surface area contributed by atoms with E-state index < -0.39 is 0 Å². The number of methoxy groups -OCH3 is 1. The number of fused-ring (bicyclic) bond motifs is 1. The van der Waals surface area contributed by atoms with Crippen molar-refractivity contribution in [2.75, 3.05) is 7.11 Å². The molecular formula is C11H15NO. The lowest BCUT2D eigenvalue weighted by atomic mass is 9.96. The standard InChI is InChI=1S/C11H15NO/c1-8-5-10-6-11(13-2)4-3-9(10)7-12-8/h3-4,6,8,12H,5,7H2,1-2H3/t8-/m1/s1. The Morgan fingerprint density at radius 2 is 2.23 bits per heavy atom. The highest BCUT2D eigenvalue weighted by atomic mass is 16.5. The zero-order chi connectivity index (χ0) is 9.26. The second-order valence-electron chi connectivity index (χ2n) is 3.62. The molecule has 0 fully saturated rings. The Balaban J connectivity index is 2.32. The molecule has 0 saturated heterocycles. The minimum absolute atomic E-state index is 0.583. The molecule has 0 spiro atoms. The van der Waals surface area contributed by atoms with Crippen molar-refractivity contribution in [2.24, 2.45) is 0 Å². The summed E-state index contributed by atoms with van der Waals surface area (Å²) in [5, 5.41) is 3.43. The van der Waals surface area contributed by atoms with Gasteiger partial charge in [0.05, 0.1) is 7.11 Å². The summed E-state index contributed by atoms with van der Waals surface area (Å²) < 4.78 is 5.20. The summed E-state index contributed by atoms with van der Waals surface area (Å²) in [6.45, 7) is 3.20. The summed E-state index contributed by atoms with van der Waals surface area (Å²) in [6, 6.07) is 6.90. The Bertz CT molecular complexity index is 309. The highest BCUT2D eigenvalue weighted by Gasteiger charge is 2.14. The van der Waals surface area contributed by atoms with Gasteiger partial charge in [0.15, 0.2) is 0 Å². The third-order valence-corrected chi connectivity index (χ3v) is 2.58. The monoisotopic (exact) mass is 177 g/mol. The Kier molecular flexibility index (Phi) is 2.23. The molecule has 1 heterocycles. The van der Waals surface area contributed by atoms with Crippen LogP contribution in [0, 0.1) is 0 Å². The van der Waals surface area contributed by atoms with Crippen molar-refractivity contribution in [3.05, 3.63) is 29.3 Å². The molecule has 1 N–H and O–H groups in total. The van der Waals surface area contributed by atoms with Crippen molar-refractivity contribution in [1.82, 2.24) is 5.32 Å². The zero-order valence-corrected chi connectivity index (χ0v) is 8.13. The average molecular weight is 177 g/mol. The van der Waals surface area contributed by atoms with Gasteiger partial charge in [-0.15, -0.1) is 0 Å². The maximum absolute atomic E-state index is 5.20. The van der Waals surface area contributed by atoms with E-state index >= 15 is 0 Å². The molecule has 70 valence electrons. The van der Waals surface area contributed by atoms with E-state index in [2.05, 4.69) is 24.4 Å². The number of hydrogen-bond acceptors (Lipinski definition) is 2. The van der Waals surface area contributed by atoms with Crippen molar-refractivity contribution >= 4 is 0 Å². The summed E-state index contributed by atoms with van der Waals surface area (Å²) in [6.07, 6.45) is 1.10. The maximum Gasteiger partial charge on any atom is 0.119 e. The van der Waals surface area contributed by atoms with Crippen molar-refractivity contribution in [2.45, 2.75) is 25.9 Å². The Hall–Kier alpha value is -1.02. The molecule has 2 heteroatoms. The first-order valence-electron chi connectivity index (χ1n) is 4.69. The van der Waals surface area contributed by atoms with E-state index in [-0.39, 0.29) is 0 Å². The van der Waals surface area contributed by atoms with E-state index in [1.165, 1.54) is 11.1 Å². The predicted molar refractivity (Wildman–Crippen MR) is 53.0 cm³/mol. The van der Waals surface area contributed by atoms with E-state index in [1.54, 1.807) is 7.11 Å². The van der Waals surface area contributed by atoms with Crippen LogP contribution in [0.2, 0.25) is 0 Å². The molecule has 13 heavy (non-hydrogen) atoms. The molecule has 0 aliphatic carbocycles. The number of benzene rings is 1. The van der Waals surface area contributed by atoms with Crippen molar-refractivity contribution in [3.63, 3.8) is 0 Å². The van der Waals surface area contributed by atoms with Crippen LogP contribution in [0.5, 0.6) is 5.75 Å². The van der Waals surface area contributed by atoms with Gasteiger partial charge in [0.25, 0.3) is 0 Å². The number of ether oxygens (including phenoxy) is 1. The topological polar surface area (TPSA) is 21.3 Å². The second kappa shape index (κ2) is 3.38. The molecule has 0 aromatic heterocycles. The largest absolute Gasteiger partial charge is 0.497 e. The smallest absolute Gasteiger partial charge is 0.119 e.